The van der Waals surface area contributed by atoms with E-state index in [0.29, 0.717) is 18.0 Å². The molecule has 104 valence electrons. The van der Waals surface area contributed by atoms with Gasteiger partial charge in [0.1, 0.15) is 0 Å². The molecule has 0 fully saturated rings. The quantitative estimate of drug-likeness (QED) is 0.910. The smallest absolute Gasteiger partial charge is 0.321 e. The lowest BCUT2D eigenvalue weighted by molar-refractivity contribution is 0.0937. The molecule has 0 aliphatic rings. The van der Waals surface area contributed by atoms with Gasteiger partial charge >= 0.3 is 6.03 Å². The SMILES string of the molecule is O=C(NCCc1ccc(Cl)cc1)NC(=O)c1ccco1. The van der Waals surface area contributed by atoms with E-state index in [1.54, 1.807) is 18.2 Å². The highest BCUT2D eigenvalue weighted by atomic mass is 35.5. The van der Waals surface area contributed by atoms with Crippen LogP contribution < -0.4 is 10.6 Å². The number of hydrogen-bond donors (Lipinski definition) is 2. The fraction of sp³-hybridized carbons (Fsp3) is 0.143. The number of amides is 3. The molecule has 3 amide bonds. The van der Waals surface area contributed by atoms with E-state index in [1.807, 2.05) is 12.1 Å². The highest BCUT2D eigenvalue weighted by molar-refractivity contribution is 6.30. The van der Waals surface area contributed by atoms with Crippen LogP contribution in [-0.2, 0) is 6.42 Å². The minimum atomic E-state index is -0.570. The van der Waals surface area contributed by atoms with Gasteiger partial charge in [-0.3, -0.25) is 10.1 Å². The summed E-state index contributed by atoms with van der Waals surface area (Å²) in [5.74, 6) is -0.475. The highest BCUT2D eigenvalue weighted by Gasteiger charge is 2.11. The number of urea groups is 1. The van der Waals surface area contributed by atoms with Gasteiger partial charge in [-0.25, -0.2) is 4.79 Å². The van der Waals surface area contributed by atoms with Gasteiger partial charge in [-0.05, 0) is 36.2 Å². The summed E-state index contributed by atoms with van der Waals surface area (Å²) >= 11 is 5.78. The predicted molar refractivity (Wildman–Crippen MR) is 74.7 cm³/mol. The molecule has 2 aromatic rings. The molecule has 0 atom stereocenters. The Morgan fingerprint density at radius 3 is 2.55 bits per heavy atom. The van der Waals surface area contributed by atoms with Crippen molar-refractivity contribution in [2.75, 3.05) is 6.54 Å². The summed E-state index contributed by atoms with van der Waals surface area (Å²) in [6, 6.07) is 9.85. The van der Waals surface area contributed by atoms with E-state index in [-0.39, 0.29) is 5.76 Å². The van der Waals surface area contributed by atoms with Crippen molar-refractivity contribution in [3.05, 3.63) is 59.0 Å². The average molecular weight is 293 g/mol. The van der Waals surface area contributed by atoms with Crippen molar-refractivity contribution in [2.45, 2.75) is 6.42 Å². The number of imide groups is 1. The first-order valence-electron chi connectivity index (χ1n) is 6.02. The Labute approximate surface area is 120 Å². The van der Waals surface area contributed by atoms with E-state index in [9.17, 15) is 9.59 Å². The van der Waals surface area contributed by atoms with E-state index in [1.165, 1.54) is 12.3 Å². The molecule has 0 radical (unpaired) electrons. The van der Waals surface area contributed by atoms with Gasteiger partial charge in [-0.2, -0.15) is 0 Å². The molecule has 0 spiro atoms. The largest absolute Gasteiger partial charge is 0.459 e. The summed E-state index contributed by atoms with van der Waals surface area (Å²) in [6.45, 7) is 0.416. The summed E-state index contributed by atoms with van der Waals surface area (Å²) in [4.78, 5) is 23.0. The highest BCUT2D eigenvalue weighted by Crippen LogP contribution is 2.09. The molecule has 0 aliphatic carbocycles. The summed E-state index contributed by atoms with van der Waals surface area (Å²) in [7, 11) is 0. The first kappa shape index (κ1) is 14.1. The van der Waals surface area contributed by atoms with Crippen molar-refractivity contribution in [1.29, 1.82) is 0 Å². The Morgan fingerprint density at radius 2 is 1.90 bits per heavy atom. The number of carbonyl (C=O) groups is 2. The second-order valence-electron chi connectivity index (χ2n) is 4.06. The molecule has 0 unspecified atom stereocenters. The van der Waals surface area contributed by atoms with Gasteiger partial charge < -0.3 is 9.73 Å². The van der Waals surface area contributed by atoms with Crippen molar-refractivity contribution in [1.82, 2.24) is 10.6 Å². The zero-order valence-corrected chi connectivity index (χ0v) is 11.3. The number of halogens is 1. The van der Waals surface area contributed by atoms with Crippen LogP contribution in [0, 0.1) is 0 Å². The molecule has 0 saturated carbocycles. The lowest BCUT2D eigenvalue weighted by Gasteiger charge is -2.05. The van der Waals surface area contributed by atoms with Crippen molar-refractivity contribution in [3.8, 4) is 0 Å². The van der Waals surface area contributed by atoms with Gasteiger partial charge in [0, 0.05) is 11.6 Å². The molecule has 5 nitrogen and oxygen atoms in total. The van der Waals surface area contributed by atoms with Crippen LogP contribution in [0.1, 0.15) is 16.1 Å². The number of carbonyl (C=O) groups excluding carboxylic acids is 2. The number of hydrogen-bond acceptors (Lipinski definition) is 3. The van der Waals surface area contributed by atoms with Crippen LogP contribution in [0.4, 0.5) is 4.79 Å². The van der Waals surface area contributed by atoms with Crippen LogP contribution in [0.3, 0.4) is 0 Å². The maximum absolute atomic E-state index is 11.5. The fourth-order valence-electron chi connectivity index (χ4n) is 1.59. The third-order valence-electron chi connectivity index (χ3n) is 2.58. The molecule has 0 bridgehead atoms. The van der Waals surface area contributed by atoms with Crippen molar-refractivity contribution in [2.24, 2.45) is 0 Å². The van der Waals surface area contributed by atoms with Gasteiger partial charge in [-0.1, -0.05) is 23.7 Å². The molecular formula is C14H13ClN2O3. The van der Waals surface area contributed by atoms with Crippen LogP contribution >= 0.6 is 11.6 Å². The van der Waals surface area contributed by atoms with Gasteiger partial charge in [-0.15, -0.1) is 0 Å². The van der Waals surface area contributed by atoms with Crippen LogP contribution in [0.2, 0.25) is 5.02 Å². The molecule has 2 rings (SSSR count). The third kappa shape index (κ3) is 4.13. The predicted octanol–water partition coefficient (Wildman–Crippen LogP) is 2.62. The summed E-state index contributed by atoms with van der Waals surface area (Å²) in [5, 5.41) is 5.44. The maximum Gasteiger partial charge on any atom is 0.321 e. The Morgan fingerprint density at radius 1 is 1.15 bits per heavy atom. The first-order chi connectivity index (χ1) is 9.65. The Bertz CT molecular complexity index is 579. The second kappa shape index (κ2) is 6.77. The fourth-order valence-corrected chi connectivity index (χ4v) is 1.71. The Hall–Kier alpha value is -2.27. The Balaban J connectivity index is 1.73. The molecular weight excluding hydrogens is 280 g/mol. The van der Waals surface area contributed by atoms with Gasteiger partial charge in [0.2, 0.25) is 0 Å². The van der Waals surface area contributed by atoms with Crippen molar-refractivity contribution < 1.29 is 14.0 Å². The van der Waals surface area contributed by atoms with Crippen molar-refractivity contribution in [3.63, 3.8) is 0 Å². The molecule has 0 saturated heterocycles. The summed E-state index contributed by atoms with van der Waals surface area (Å²) in [6.07, 6.45) is 2.02. The van der Waals surface area contributed by atoms with E-state index < -0.39 is 11.9 Å². The molecule has 2 N–H and O–H groups in total. The summed E-state index contributed by atoms with van der Waals surface area (Å²) in [5.41, 5.74) is 1.05. The Kier molecular flexibility index (Phi) is 4.79. The zero-order chi connectivity index (χ0) is 14.4. The number of nitrogens with one attached hydrogen (secondary N) is 2. The number of furan rings is 1. The summed E-state index contributed by atoms with van der Waals surface area (Å²) < 4.78 is 4.88. The topological polar surface area (TPSA) is 71.3 Å². The van der Waals surface area contributed by atoms with Gasteiger partial charge in [0.25, 0.3) is 5.91 Å². The first-order valence-corrected chi connectivity index (χ1v) is 6.40. The van der Waals surface area contributed by atoms with E-state index >= 15 is 0 Å². The number of benzene rings is 1. The van der Waals surface area contributed by atoms with Gasteiger partial charge in [0.15, 0.2) is 5.76 Å². The number of rotatable bonds is 4. The lowest BCUT2D eigenvalue weighted by Crippen LogP contribution is -2.40. The van der Waals surface area contributed by atoms with Crippen LogP contribution in [0.25, 0.3) is 0 Å². The lowest BCUT2D eigenvalue weighted by atomic mass is 10.1. The zero-order valence-electron chi connectivity index (χ0n) is 10.6. The monoisotopic (exact) mass is 292 g/mol. The van der Waals surface area contributed by atoms with Crippen LogP contribution in [0.15, 0.2) is 47.1 Å². The molecule has 1 heterocycles. The van der Waals surface area contributed by atoms with Crippen LogP contribution in [0.5, 0.6) is 0 Å². The maximum atomic E-state index is 11.5. The molecule has 1 aromatic carbocycles. The average Bonchev–Trinajstić information content (AvgIpc) is 2.95. The normalized spacial score (nSPS) is 10.1. The van der Waals surface area contributed by atoms with E-state index in [4.69, 9.17) is 16.0 Å². The minimum absolute atomic E-state index is 0.0952. The van der Waals surface area contributed by atoms with Crippen molar-refractivity contribution >= 4 is 23.5 Å². The molecule has 20 heavy (non-hydrogen) atoms. The molecule has 0 aliphatic heterocycles. The van der Waals surface area contributed by atoms with E-state index in [2.05, 4.69) is 10.6 Å². The van der Waals surface area contributed by atoms with Gasteiger partial charge in [0.05, 0.1) is 6.26 Å². The molecule has 1 aromatic heterocycles. The third-order valence-corrected chi connectivity index (χ3v) is 2.84. The van der Waals surface area contributed by atoms with E-state index in [0.717, 1.165) is 5.56 Å². The molecule has 6 heteroatoms. The standard InChI is InChI=1S/C14H13ClN2O3/c15-11-5-3-10(4-6-11)7-8-16-14(19)17-13(18)12-2-1-9-20-12/h1-6,9H,7-8H2,(H2,16,17,18,19). The van der Waals surface area contributed by atoms with Crippen LogP contribution in [-0.4, -0.2) is 18.5 Å². The minimum Gasteiger partial charge on any atom is -0.459 e. The second-order valence-corrected chi connectivity index (χ2v) is 4.50.